The summed E-state index contributed by atoms with van der Waals surface area (Å²) >= 11 is 0. The molecule has 0 saturated carbocycles. The fraction of sp³-hybridized carbons (Fsp3) is 0.429. The Morgan fingerprint density at radius 2 is 1.97 bits per heavy atom. The molecule has 1 aliphatic carbocycles. The van der Waals surface area contributed by atoms with Gasteiger partial charge in [0.05, 0.1) is 10.4 Å². The van der Waals surface area contributed by atoms with Gasteiger partial charge in [-0.05, 0) is 73.8 Å². The lowest BCUT2D eigenvalue weighted by molar-refractivity contribution is 0.0600. The van der Waals surface area contributed by atoms with E-state index in [-0.39, 0.29) is 22.7 Å². The van der Waals surface area contributed by atoms with E-state index in [0.29, 0.717) is 0 Å². The molecule has 0 spiro atoms. The van der Waals surface area contributed by atoms with Crippen LogP contribution in [0, 0.1) is 0 Å². The van der Waals surface area contributed by atoms with Gasteiger partial charge < -0.3 is 21.1 Å². The Labute approximate surface area is 171 Å². The molecule has 0 aromatic heterocycles. The van der Waals surface area contributed by atoms with Crippen LogP contribution in [-0.4, -0.2) is 50.6 Å². The summed E-state index contributed by atoms with van der Waals surface area (Å²) in [7, 11) is -1.54. The normalized spacial score (nSPS) is 26.9. The van der Waals surface area contributed by atoms with Crippen molar-refractivity contribution in [3.05, 3.63) is 59.2 Å². The van der Waals surface area contributed by atoms with E-state index < -0.39 is 15.6 Å². The van der Waals surface area contributed by atoms with E-state index in [1.807, 2.05) is 12.1 Å². The van der Waals surface area contributed by atoms with Gasteiger partial charge in [0.25, 0.3) is 0 Å². The van der Waals surface area contributed by atoms with E-state index in [9.17, 15) is 13.5 Å². The topological polar surface area (TPSA) is 122 Å². The molecular formula is C21H28N4O3S. The molecule has 7 nitrogen and oxygen atoms in total. The largest absolute Gasteiger partial charge is 0.508 e. The van der Waals surface area contributed by atoms with Crippen molar-refractivity contribution in [3.63, 3.8) is 0 Å². The molecule has 2 aromatic carbocycles. The van der Waals surface area contributed by atoms with E-state index in [2.05, 4.69) is 17.3 Å². The predicted molar refractivity (Wildman–Crippen MR) is 112 cm³/mol. The van der Waals surface area contributed by atoms with Crippen molar-refractivity contribution in [1.29, 1.82) is 0 Å². The highest BCUT2D eigenvalue weighted by Crippen LogP contribution is 2.42. The van der Waals surface area contributed by atoms with Crippen LogP contribution in [0.2, 0.25) is 0 Å². The summed E-state index contributed by atoms with van der Waals surface area (Å²) in [6.07, 6.45) is 2.46. The molecule has 1 saturated heterocycles. The standard InChI is InChI=1S/C21H28N4O3S/c1-25-11-9-21(22)18-13-16(26)5-4-15(18)12-19(25)20(21)24-10-8-14-2-6-17(7-3-14)29(23,27)28/h2-7,13,19-20,24,26H,8-12,22H2,1H3,(H2,23,27,28)/t19-,20?,21-/m1/s1. The number of hydrogen-bond donors (Lipinski definition) is 4. The van der Waals surface area contributed by atoms with Crippen LogP contribution in [0.5, 0.6) is 5.75 Å². The number of phenols is 1. The van der Waals surface area contributed by atoms with Gasteiger partial charge in [0.1, 0.15) is 5.75 Å². The molecule has 2 bridgehead atoms. The van der Waals surface area contributed by atoms with Gasteiger partial charge in [0.15, 0.2) is 0 Å². The zero-order valence-electron chi connectivity index (χ0n) is 16.5. The molecule has 1 fully saturated rings. The third kappa shape index (κ3) is 3.78. The maximum Gasteiger partial charge on any atom is 0.238 e. The second-order valence-electron chi connectivity index (χ2n) is 8.25. The summed E-state index contributed by atoms with van der Waals surface area (Å²) < 4.78 is 22.8. The molecule has 2 aromatic rings. The first-order chi connectivity index (χ1) is 13.7. The molecule has 156 valence electrons. The third-order valence-electron chi connectivity index (χ3n) is 6.44. The van der Waals surface area contributed by atoms with Gasteiger partial charge in [-0.3, -0.25) is 0 Å². The lowest BCUT2D eigenvalue weighted by Gasteiger charge is -2.54. The first kappa shape index (κ1) is 20.3. The average molecular weight is 417 g/mol. The highest BCUT2D eigenvalue weighted by molar-refractivity contribution is 7.89. The van der Waals surface area contributed by atoms with Crippen LogP contribution < -0.4 is 16.2 Å². The molecule has 1 aliphatic heterocycles. The lowest BCUT2D eigenvalue weighted by Crippen LogP contribution is -2.70. The van der Waals surface area contributed by atoms with Crippen LogP contribution in [0.1, 0.15) is 23.1 Å². The number of fused-ring (bicyclic) bond motifs is 4. The Balaban J connectivity index is 1.51. The molecule has 1 unspecified atom stereocenters. The van der Waals surface area contributed by atoms with Crippen molar-refractivity contribution >= 4 is 10.0 Å². The van der Waals surface area contributed by atoms with Crippen LogP contribution in [0.3, 0.4) is 0 Å². The predicted octanol–water partition coefficient (Wildman–Crippen LogP) is 0.655. The maximum atomic E-state index is 11.4. The second kappa shape index (κ2) is 7.37. The number of primary sulfonamides is 1. The van der Waals surface area contributed by atoms with Gasteiger partial charge in [0, 0.05) is 18.6 Å². The summed E-state index contributed by atoms with van der Waals surface area (Å²) in [4.78, 5) is 2.48. The van der Waals surface area contributed by atoms with E-state index in [0.717, 1.165) is 43.5 Å². The number of piperidine rings is 1. The second-order valence-corrected chi connectivity index (χ2v) is 9.82. The van der Waals surface area contributed by atoms with Crippen LogP contribution in [0.4, 0.5) is 0 Å². The SMILES string of the molecule is CN1CC[C@@]2(N)c3cc(O)ccc3C[C@@H]1C2NCCc1ccc(S(N)(=O)=O)cc1. The minimum atomic E-state index is -3.67. The highest BCUT2D eigenvalue weighted by atomic mass is 32.2. The van der Waals surface area contributed by atoms with Gasteiger partial charge in [-0.15, -0.1) is 0 Å². The maximum absolute atomic E-state index is 11.4. The lowest BCUT2D eigenvalue weighted by atomic mass is 9.66. The number of rotatable bonds is 5. The third-order valence-corrected chi connectivity index (χ3v) is 7.37. The van der Waals surface area contributed by atoms with Gasteiger partial charge in [-0.25, -0.2) is 13.6 Å². The zero-order chi connectivity index (χ0) is 20.8. The van der Waals surface area contributed by atoms with Crippen LogP contribution in [0.15, 0.2) is 47.4 Å². The van der Waals surface area contributed by atoms with Crippen molar-refractivity contribution in [3.8, 4) is 5.75 Å². The van der Waals surface area contributed by atoms with Crippen LogP contribution in [0.25, 0.3) is 0 Å². The Morgan fingerprint density at radius 1 is 1.24 bits per heavy atom. The molecule has 6 N–H and O–H groups in total. The number of sulfonamides is 1. The van der Waals surface area contributed by atoms with Crippen molar-refractivity contribution in [2.75, 3.05) is 20.1 Å². The number of phenolic OH excluding ortho intramolecular Hbond substituents is 1. The number of aromatic hydroxyl groups is 1. The Morgan fingerprint density at radius 3 is 2.66 bits per heavy atom. The van der Waals surface area contributed by atoms with Gasteiger partial charge in [-0.2, -0.15) is 0 Å². The fourth-order valence-electron chi connectivity index (χ4n) is 4.79. The Hall–Kier alpha value is -1.97. The van der Waals surface area contributed by atoms with E-state index in [4.69, 9.17) is 10.9 Å². The van der Waals surface area contributed by atoms with Crippen molar-refractivity contribution < 1.29 is 13.5 Å². The molecule has 4 rings (SSSR count). The van der Waals surface area contributed by atoms with Gasteiger partial charge >= 0.3 is 0 Å². The monoisotopic (exact) mass is 416 g/mol. The number of likely N-dealkylation sites (tertiary alicyclic amines) is 1. The number of nitrogens with zero attached hydrogens (tertiary/aromatic N) is 1. The molecule has 3 atom stereocenters. The summed E-state index contributed by atoms with van der Waals surface area (Å²) in [5, 5.41) is 18.8. The quantitative estimate of drug-likeness (QED) is 0.568. The Kier molecular flexibility index (Phi) is 5.16. The first-order valence-corrected chi connectivity index (χ1v) is 11.4. The summed E-state index contributed by atoms with van der Waals surface area (Å²) in [6.45, 7) is 1.64. The summed E-state index contributed by atoms with van der Waals surface area (Å²) in [5.41, 5.74) is 9.70. The molecule has 8 heteroatoms. The molecule has 1 heterocycles. The highest BCUT2D eigenvalue weighted by Gasteiger charge is 2.50. The number of nitrogens with two attached hydrogens (primary N) is 2. The smallest absolute Gasteiger partial charge is 0.238 e. The zero-order valence-corrected chi connectivity index (χ0v) is 17.3. The van der Waals surface area contributed by atoms with E-state index in [1.165, 1.54) is 17.7 Å². The molecular weight excluding hydrogens is 388 g/mol. The Bertz CT molecular complexity index is 1010. The minimum Gasteiger partial charge on any atom is -0.508 e. The number of hydrogen-bond acceptors (Lipinski definition) is 6. The fourth-order valence-corrected chi connectivity index (χ4v) is 5.31. The molecule has 29 heavy (non-hydrogen) atoms. The van der Waals surface area contributed by atoms with Crippen molar-refractivity contribution in [1.82, 2.24) is 10.2 Å². The van der Waals surface area contributed by atoms with Crippen LogP contribution in [-0.2, 0) is 28.4 Å². The average Bonchev–Trinajstić information content (AvgIpc) is 2.67. The van der Waals surface area contributed by atoms with E-state index >= 15 is 0 Å². The number of likely N-dealkylation sites (N-methyl/N-ethyl adjacent to an activating group) is 1. The number of benzene rings is 2. The molecule has 2 aliphatic rings. The van der Waals surface area contributed by atoms with Gasteiger partial charge in [0.2, 0.25) is 10.0 Å². The number of nitrogens with one attached hydrogen (secondary N) is 1. The van der Waals surface area contributed by atoms with Crippen molar-refractivity contribution in [2.24, 2.45) is 10.9 Å². The minimum absolute atomic E-state index is 0.0687. The first-order valence-electron chi connectivity index (χ1n) is 9.85. The van der Waals surface area contributed by atoms with E-state index in [1.54, 1.807) is 18.2 Å². The summed E-state index contributed by atoms with van der Waals surface area (Å²) in [5.74, 6) is 0.250. The summed E-state index contributed by atoms with van der Waals surface area (Å²) in [6, 6.07) is 12.6. The molecule has 0 radical (unpaired) electrons. The van der Waals surface area contributed by atoms with Crippen LogP contribution >= 0.6 is 0 Å². The molecule has 0 amide bonds. The van der Waals surface area contributed by atoms with Crippen molar-refractivity contribution in [2.45, 2.75) is 41.8 Å². The van der Waals surface area contributed by atoms with Gasteiger partial charge in [-0.1, -0.05) is 18.2 Å².